The van der Waals surface area contributed by atoms with Gasteiger partial charge in [-0.25, -0.2) is 4.98 Å². The lowest BCUT2D eigenvalue weighted by molar-refractivity contribution is 0.202. The highest BCUT2D eigenvalue weighted by atomic mass is 16.5. The molecule has 1 aromatic heterocycles. The smallest absolute Gasteiger partial charge is 0.254 e. The molecule has 0 saturated heterocycles. The Balaban J connectivity index is 2.08. The fraction of sp³-hybridized carbons (Fsp3) is 0.286. The van der Waals surface area contributed by atoms with Crippen LogP contribution in [-0.4, -0.2) is 23.7 Å². The number of nitrogens with zero attached hydrogens (tertiary/aromatic N) is 1. The van der Waals surface area contributed by atoms with E-state index >= 15 is 0 Å². The number of methoxy groups -OCH3 is 1. The molecule has 2 rings (SSSR count). The zero-order valence-electron chi connectivity index (χ0n) is 11.0. The lowest BCUT2D eigenvalue weighted by atomic mass is 10.1. The Morgan fingerprint density at radius 1 is 1.26 bits per heavy atom. The maximum absolute atomic E-state index is 11.3. The molecule has 0 fully saturated rings. The minimum Gasteiger partial charge on any atom is -0.439 e. The van der Waals surface area contributed by atoms with Gasteiger partial charge in [-0.3, -0.25) is 4.79 Å². The Labute approximate surface area is 111 Å². The van der Waals surface area contributed by atoms with Crippen molar-refractivity contribution in [2.24, 2.45) is 0 Å². The number of rotatable bonds is 5. The fourth-order valence-corrected chi connectivity index (χ4v) is 1.67. The molecule has 100 valence electrons. The van der Waals surface area contributed by atoms with Gasteiger partial charge in [-0.05, 0) is 31.0 Å². The van der Waals surface area contributed by atoms with Crippen molar-refractivity contribution in [3.63, 3.8) is 0 Å². The number of aromatic amines is 1. The molecule has 1 heterocycles. The molecule has 0 aliphatic heterocycles. The summed E-state index contributed by atoms with van der Waals surface area (Å²) in [6.07, 6.45) is 0.860. The fourth-order valence-electron chi connectivity index (χ4n) is 1.67. The second kappa shape index (κ2) is 6.15. The summed E-state index contributed by atoms with van der Waals surface area (Å²) in [7, 11) is 1.68. The third-order valence-corrected chi connectivity index (χ3v) is 2.58. The molecular weight excluding hydrogens is 244 g/mol. The monoisotopic (exact) mass is 260 g/mol. The molecule has 5 nitrogen and oxygen atoms in total. The highest BCUT2D eigenvalue weighted by Crippen LogP contribution is 2.18. The van der Waals surface area contributed by atoms with E-state index in [1.807, 2.05) is 24.3 Å². The molecule has 0 unspecified atom stereocenters. The zero-order valence-corrected chi connectivity index (χ0v) is 11.0. The molecule has 0 amide bonds. The van der Waals surface area contributed by atoms with E-state index in [1.54, 1.807) is 14.0 Å². The standard InChI is InChI=1S/C14H16N2O3/c1-10-15-13(17)9-14(16-10)19-12-5-3-11(4-6-12)7-8-18-2/h3-6,9H,7-8H2,1-2H3,(H,15,16,17). The first-order valence-electron chi connectivity index (χ1n) is 6.01. The predicted octanol–water partition coefficient (Wildman–Crippen LogP) is 2.06. The van der Waals surface area contributed by atoms with Crippen LogP contribution in [0.4, 0.5) is 0 Å². The molecule has 1 aromatic carbocycles. The minimum atomic E-state index is -0.223. The van der Waals surface area contributed by atoms with E-state index < -0.39 is 0 Å². The van der Waals surface area contributed by atoms with Crippen LogP contribution in [0.2, 0.25) is 0 Å². The number of ether oxygens (including phenoxy) is 2. The Morgan fingerprint density at radius 2 is 2.00 bits per heavy atom. The van der Waals surface area contributed by atoms with Crippen LogP contribution in [-0.2, 0) is 11.2 Å². The molecular formula is C14H16N2O3. The maximum Gasteiger partial charge on any atom is 0.254 e. The highest BCUT2D eigenvalue weighted by molar-refractivity contribution is 5.30. The van der Waals surface area contributed by atoms with Gasteiger partial charge in [0.1, 0.15) is 11.6 Å². The van der Waals surface area contributed by atoms with Crippen molar-refractivity contribution in [3.8, 4) is 11.6 Å². The van der Waals surface area contributed by atoms with Gasteiger partial charge in [0.2, 0.25) is 5.88 Å². The molecule has 0 bridgehead atoms. The van der Waals surface area contributed by atoms with Crippen molar-refractivity contribution < 1.29 is 9.47 Å². The van der Waals surface area contributed by atoms with Crippen molar-refractivity contribution in [1.82, 2.24) is 9.97 Å². The Morgan fingerprint density at radius 3 is 2.63 bits per heavy atom. The molecule has 0 aliphatic carbocycles. The van der Waals surface area contributed by atoms with Crippen LogP contribution >= 0.6 is 0 Å². The Bertz CT molecular complexity index is 590. The van der Waals surface area contributed by atoms with E-state index in [1.165, 1.54) is 11.6 Å². The third kappa shape index (κ3) is 3.93. The SMILES string of the molecule is COCCc1ccc(Oc2cc(=O)[nH]c(C)n2)cc1. The second-order valence-electron chi connectivity index (χ2n) is 4.16. The van der Waals surface area contributed by atoms with Gasteiger partial charge in [-0.1, -0.05) is 12.1 Å². The molecule has 2 aromatic rings. The van der Waals surface area contributed by atoms with Gasteiger partial charge in [-0.2, -0.15) is 0 Å². The van der Waals surface area contributed by atoms with Gasteiger partial charge < -0.3 is 14.5 Å². The lowest BCUT2D eigenvalue weighted by Gasteiger charge is -2.06. The first-order chi connectivity index (χ1) is 9.17. The number of nitrogens with one attached hydrogen (secondary N) is 1. The summed E-state index contributed by atoms with van der Waals surface area (Å²) < 4.78 is 10.6. The van der Waals surface area contributed by atoms with Gasteiger partial charge in [0.15, 0.2) is 0 Å². The average molecular weight is 260 g/mol. The number of hydrogen-bond acceptors (Lipinski definition) is 4. The van der Waals surface area contributed by atoms with Crippen molar-refractivity contribution in [2.75, 3.05) is 13.7 Å². The quantitative estimate of drug-likeness (QED) is 0.893. The number of aromatic nitrogens is 2. The van der Waals surface area contributed by atoms with Crippen molar-refractivity contribution in [3.05, 3.63) is 52.1 Å². The molecule has 0 saturated carbocycles. The molecule has 1 N–H and O–H groups in total. The molecule has 0 spiro atoms. The van der Waals surface area contributed by atoms with Gasteiger partial charge in [0.05, 0.1) is 12.7 Å². The number of hydrogen-bond donors (Lipinski definition) is 1. The highest BCUT2D eigenvalue weighted by Gasteiger charge is 2.01. The van der Waals surface area contributed by atoms with Crippen LogP contribution in [0, 0.1) is 6.92 Å². The van der Waals surface area contributed by atoms with Crippen LogP contribution in [0.5, 0.6) is 11.6 Å². The number of aryl methyl sites for hydroxylation is 1. The first-order valence-corrected chi connectivity index (χ1v) is 6.01. The van der Waals surface area contributed by atoms with Gasteiger partial charge in [0.25, 0.3) is 5.56 Å². The van der Waals surface area contributed by atoms with E-state index in [4.69, 9.17) is 9.47 Å². The summed E-state index contributed by atoms with van der Waals surface area (Å²) in [5, 5.41) is 0. The summed E-state index contributed by atoms with van der Waals surface area (Å²) in [5.74, 6) is 1.48. The Kier molecular flexibility index (Phi) is 4.30. The van der Waals surface area contributed by atoms with E-state index in [0.717, 1.165) is 6.42 Å². The Hall–Kier alpha value is -2.14. The van der Waals surface area contributed by atoms with Gasteiger partial charge >= 0.3 is 0 Å². The number of benzene rings is 1. The molecule has 19 heavy (non-hydrogen) atoms. The van der Waals surface area contributed by atoms with Crippen LogP contribution in [0.1, 0.15) is 11.4 Å². The van der Waals surface area contributed by atoms with E-state index in [-0.39, 0.29) is 5.56 Å². The van der Waals surface area contributed by atoms with E-state index in [2.05, 4.69) is 9.97 Å². The van der Waals surface area contributed by atoms with Crippen molar-refractivity contribution >= 4 is 0 Å². The van der Waals surface area contributed by atoms with Gasteiger partial charge in [0, 0.05) is 7.11 Å². The third-order valence-electron chi connectivity index (χ3n) is 2.58. The van der Waals surface area contributed by atoms with Gasteiger partial charge in [-0.15, -0.1) is 0 Å². The topological polar surface area (TPSA) is 64.2 Å². The minimum absolute atomic E-state index is 0.223. The summed E-state index contributed by atoms with van der Waals surface area (Å²) in [6.45, 7) is 2.40. The normalized spacial score (nSPS) is 10.4. The summed E-state index contributed by atoms with van der Waals surface area (Å²) >= 11 is 0. The van der Waals surface area contributed by atoms with Crippen LogP contribution in [0.15, 0.2) is 35.1 Å². The first kappa shape index (κ1) is 13.3. The predicted molar refractivity (Wildman–Crippen MR) is 71.7 cm³/mol. The van der Waals surface area contributed by atoms with Crippen LogP contribution < -0.4 is 10.3 Å². The van der Waals surface area contributed by atoms with Crippen LogP contribution in [0.25, 0.3) is 0 Å². The zero-order chi connectivity index (χ0) is 13.7. The largest absolute Gasteiger partial charge is 0.439 e. The molecule has 5 heteroatoms. The second-order valence-corrected chi connectivity index (χ2v) is 4.16. The molecule has 0 aliphatic rings. The van der Waals surface area contributed by atoms with Crippen LogP contribution in [0.3, 0.4) is 0 Å². The lowest BCUT2D eigenvalue weighted by Crippen LogP contribution is -2.08. The number of H-pyrrole nitrogens is 1. The van der Waals surface area contributed by atoms with Crippen molar-refractivity contribution in [2.45, 2.75) is 13.3 Å². The summed E-state index contributed by atoms with van der Waals surface area (Å²) in [4.78, 5) is 18.0. The van der Waals surface area contributed by atoms with Crippen molar-refractivity contribution in [1.29, 1.82) is 0 Å². The molecule has 0 radical (unpaired) electrons. The van der Waals surface area contributed by atoms with E-state index in [0.29, 0.717) is 24.1 Å². The summed E-state index contributed by atoms with van der Waals surface area (Å²) in [5.41, 5.74) is 0.948. The van der Waals surface area contributed by atoms with E-state index in [9.17, 15) is 4.79 Å². The maximum atomic E-state index is 11.3. The summed E-state index contributed by atoms with van der Waals surface area (Å²) in [6, 6.07) is 8.96. The average Bonchev–Trinajstić information content (AvgIpc) is 2.37. The molecule has 0 atom stereocenters.